The maximum atomic E-state index is 12.4. The maximum Gasteiger partial charge on any atom is 0.307 e. The SMILES string of the molecule is NC(CO)(CO)CO.O=C(COCc1ccc(CN(Cc2ccccn2)CC2C=CC=CN2)nc1)Nc1ccc(CC(=O)NC(CO)(CO)CO)cc1.O=C(O)Cc1ccc(NC(=O)COCc2ccc(CN(Cc3ccccn3)Cc3ccccn3)nc2)cc1. The Morgan fingerprint density at radius 2 is 0.912 bits per heavy atom. The highest BCUT2D eigenvalue weighted by Gasteiger charge is 2.30. The number of hydrogen-bond acceptors (Lipinski definition) is 21. The van der Waals surface area contributed by atoms with Gasteiger partial charge in [-0.3, -0.25) is 53.9 Å². The van der Waals surface area contributed by atoms with E-state index in [0.29, 0.717) is 55.2 Å². The minimum atomic E-state index is -1.48. The van der Waals surface area contributed by atoms with Gasteiger partial charge in [-0.05, 0) is 107 Å². The summed E-state index contributed by atoms with van der Waals surface area (Å²) in [7, 11) is 0. The van der Waals surface area contributed by atoms with Gasteiger partial charge < -0.3 is 72.2 Å². The summed E-state index contributed by atoms with van der Waals surface area (Å²) in [6, 6.07) is 39.1. The van der Waals surface area contributed by atoms with Crippen LogP contribution in [0.15, 0.2) is 183 Å². The van der Waals surface area contributed by atoms with Crippen LogP contribution >= 0.6 is 0 Å². The summed E-state index contributed by atoms with van der Waals surface area (Å²) in [5, 5.41) is 73.3. The summed E-state index contributed by atoms with van der Waals surface area (Å²) in [5.74, 6) is -1.98. The van der Waals surface area contributed by atoms with E-state index in [1.54, 1.807) is 79.5 Å². The number of nitrogens with two attached hydrogens (primary N) is 1. The molecule has 3 amide bonds. The van der Waals surface area contributed by atoms with E-state index in [1.165, 1.54) is 0 Å². The van der Waals surface area contributed by atoms with E-state index in [-0.39, 0.29) is 57.1 Å². The molecule has 482 valence electrons. The quantitative estimate of drug-likeness (QED) is 0.0281. The number of aromatic nitrogens is 5. The molecule has 91 heavy (non-hydrogen) atoms. The van der Waals surface area contributed by atoms with Gasteiger partial charge in [-0.1, -0.05) is 66.7 Å². The number of hydrogen-bond donors (Lipinski definition) is 12. The van der Waals surface area contributed by atoms with E-state index < -0.39 is 62.6 Å². The standard InChI is InChI=1S/C33H40N6O6.C29H29N5O4.C4H11NO3/c40-22-33(23-41,24-42)38-31(43)15-25-7-10-27(11-8-25)37-32(44)21-45-20-26-9-12-30(36-16-26)19-39(17-28-5-1-3-13-34-28)18-29-6-2-4-14-35-29;35-28(33-24-10-7-22(8-11-24)15-29(36)37)21-38-20-23-9-12-27(32-16-23)19-34(17-25-5-1-3-13-30-25)18-26-6-2-4-14-31-26;5-4(1-6,2-7)3-8/h1-14,16,28,34,40-42H,15,17-24H2,(H,37,44)(H,38,43);1-14,16H,15,17-21H2,(H,33,35)(H,36,37);6-8H,1-3,5H2. The molecule has 5 aromatic heterocycles. The number of nitrogens with one attached hydrogen (secondary N) is 4. The molecule has 0 radical (unpaired) electrons. The number of aliphatic carboxylic acids is 1. The van der Waals surface area contributed by atoms with Gasteiger partial charge in [0.1, 0.15) is 18.8 Å². The Balaban J connectivity index is 0.000000261. The number of benzene rings is 2. The zero-order valence-corrected chi connectivity index (χ0v) is 50.4. The molecule has 0 saturated carbocycles. The van der Waals surface area contributed by atoms with Gasteiger partial charge in [0.25, 0.3) is 0 Å². The van der Waals surface area contributed by atoms with Crippen LogP contribution in [0.2, 0.25) is 0 Å². The average molecular weight is 1250 g/mol. The molecule has 25 heteroatoms. The third-order valence-electron chi connectivity index (χ3n) is 13.7. The summed E-state index contributed by atoms with van der Waals surface area (Å²) in [4.78, 5) is 74.7. The number of pyridine rings is 5. The van der Waals surface area contributed by atoms with Gasteiger partial charge in [0, 0.05) is 81.6 Å². The summed E-state index contributed by atoms with van der Waals surface area (Å²) in [6.07, 6.45) is 16.9. The van der Waals surface area contributed by atoms with Gasteiger partial charge in [0.2, 0.25) is 17.7 Å². The Labute approximate surface area is 528 Å². The highest BCUT2D eigenvalue weighted by molar-refractivity contribution is 5.92. The monoisotopic (exact) mass is 1250 g/mol. The number of ether oxygens (including phenoxy) is 2. The lowest BCUT2D eigenvalue weighted by atomic mass is 10.0. The van der Waals surface area contributed by atoms with E-state index in [0.717, 1.165) is 46.1 Å². The number of nitrogens with zero attached hydrogens (tertiary/aromatic N) is 7. The van der Waals surface area contributed by atoms with Crippen molar-refractivity contribution in [3.63, 3.8) is 0 Å². The number of aliphatic hydroxyl groups is 6. The predicted octanol–water partition coefficient (Wildman–Crippen LogP) is 2.57. The number of anilines is 2. The van der Waals surface area contributed by atoms with Crippen molar-refractivity contribution >= 4 is 35.1 Å². The second-order valence-corrected chi connectivity index (χ2v) is 21.5. The number of aliphatic hydroxyl groups excluding tert-OH is 6. The Morgan fingerprint density at radius 1 is 0.495 bits per heavy atom. The topological polar surface area (TPSA) is 373 Å². The number of carbonyl (C=O) groups is 4. The molecule has 13 N–H and O–H groups in total. The highest BCUT2D eigenvalue weighted by atomic mass is 16.5. The third kappa shape index (κ3) is 26.5. The van der Waals surface area contributed by atoms with Gasteiger partial charge in [-0.25, -0.2) is 0 Å². The van der Waals surface area contributed by atoms with Crippen molar-refractivity contribution in [3.8, 4) is 0 Å². The average Bonchev–Trinajstić information content (AvgIpc) is 3.19. The molecule has 7 aromatic rings. The van der Waals surface area contributed by atoms with Crippen molar-refractivity contribution in [2.75, 3.05) is 70.0 Å². The van der Waals surface area contributed by atoms with Crippen LogP contribution in [0.5, 0.6) is 0 Å². The normalized spacial score (nSPS) is 12.6. The molecule has 0 aliphatic carbocycles. The summed E-state index contributed by atoms with van der Waals surface area (Å²) >= 11 is 0. The van der Waals surface area contributed by atoms with Gasteiger partial charge in [-0.15, -0.1) is 0 Å². The zero-order valence-electron chi connectivity index (χ0n) is 50.4. The summed E-state index contributed by atoms with van der Waals surface area (Å²) in [5.41, 5.74) is 11.4. The molecule has 1 unspecified atom stereocenters. The van der Waals surface area contributed by atoms with E-state index in [1.807, 2.05) is 97.2 Å². The van der Waals surface area contributed by atoms with Crippen LogP contribution in [-0.2, 0) is 87.4 Å². The van der Waals surface area contributed by atoms with Crippen LogP contribution in [0.25, 0.3) is 0 Å². The lowest BCUT2D eigenvalue weighted by molar-refractivity contribution is -0.136. The molecule has 8 rings (SSSR count). The van der Waals surface area contributed by atoms with Crippen LogP contribution in [0, 0.1) is 0 Å². The third-order valence-corrected chi connectivity index (χ3v) is 13.7. The first kappa shape index (κ1) is 71.0. The first-order valence-corrected chi connectivity index (χ1v) is 29.1. The number of rotatable bonds is 33. The van der Waals surface area contributed by atoms with Crippen LogP contribution < -0.4 is 27.0 Å². The summed E-state index contributed by atoms with van der Waals surface area (Å²) in [6.45, 7) is 1.32. The van der Waals surface area contributed by atoms with Crippen molar-refractivity contribution < 1.29 is 64.4 Å². The molecule has 0 fully saturated rings. The Kier molecular flexibility index (Phi) is 30.0. The molecule has 1 aliphatic heterocycles. The van der Waals surface area contributed by atoms with Crippen molar-refractivity contribution in [1.82, 2.24) is 45.4 Å². The molecule has 25 nitrogen and oxygen atoms in total. The first-order chi connectivity index (χ1) is 44.1. The van der Waals surface area contributed by atoms with Gasteiger partial charge in [0.15, 0.2) is 0 Å². The number of allylic oxidation sites excluding steroid dienone is 2. The smallest absolute Gasteiger partial charge is 0.307 e. The first-order valence-electron chi connectivity index (χ1n) is 29.1. The fourth-order valence-corrected chi connectivity index (χ4v) is 8.57. The van der Waals surface area contributed by atoms with Crippen molar-refractivity contribution in [2.45, 2.75) is 75.9 Å². The Hall–Kier alpha value is -9.09. The van der Waals surface area contributed by atoms with Crippen molar-refractivity contribution in [3.05, 3.63) is 234 Å². The maximum absolute atomic E-state index is 12.4. The number of carboxylic acid groups (broad SMARTS) is 1. The van der Waals surface area contributed by atoms with Crippen LogP contribution in [-0.4, -0.2) is 171 Å². The van der Waals surface area contributed by atoms with Gasteiger partial charge in [-0.2, -0.15) is 0 Å². The molecule has 0 bridgehead atoms. The van der Waals surface area contributed by atoms with Crippen molar-refractivity contribution in [2.24, 2.45) is 5.73 Å². The molecule has 2 aromatic carbocycles. The van der Waals surface area contributed by atoms with Crippen LogP contribution in [0.4, 0.5) is 11.4 Å². The molecule has 0 spiro atoms. The molecule has 0 saturated heterocycles. The summed E-state index contributed by atoms with van der Waals surface area (Å²) < 4.78 is 11.2. The second kappa shape index (κ2) is 38.5. The van der Waals surface area contributed by atoms with E-state index >= 15 is 0 Å². The van der Waals surface area contributed by atoms with Crippen LogP contribution in [0.1, 0.15) is 50.7 Å². The zero-order chi connectivity index (χ0) is 65.1. The molecule has 1 aliphatic rings. The van der Waals surface area contributed by atoms with E-state index in [4.69, 9.17) is 35.6 Å². The van der Waals surface area contributed by atoms with Crippen LogP contribution in [0.3, 0.4) is 0 Å². The predicted molar refractivity (Wildman–Crippen MR) is 338 cm³/mol. The minimum Gasteiger partial charge on any atom is -0.481 e. The number of carboxylic acids is 1. The fourth-order valence-electron chi connectivity index (χ4n) is 8.57. The fraction of sp³-hybridized carbons (Fsp3) is 0.318. The lowest BCUT2D eigenvalue weighted by Crippen LogP contribution is -2.57. The minimum absolute atomic E-state index is 0.0269. The van der Waals surface area contributed by atoms with E-state index in [9.17, 15) is 34.5 Å². The van der Waals surface area contributed by atoms with E-state index in [2.05, 4.69) is 62.1 Å². The van der Waals surface area contributed by atoms with Crippen molar-refractivity contribution in [1.29, 1.82) is 0 Å². The molecule has 1 atom stereocenters. The lowest BCUT2D eigenvalue weighted by Gasteiger charge is -2.28. The molecular formula is C66H80N12O13. The number of dihydropyridines is 1. The number of carbonyl (C=O) groups excluding carboxylic acids is 3. The Morgan fingerprint density at radius 3 is 1.26 bits per heavy atom. The Bertz CT molecular complexity index is 3250. The highest BCUT2D eigenvalue weighted by Crippen LogP contribution is 2.16. The number of amides is 3. The molecule has 6 heterocycles. The second-order valence-electron chi connectivity index (χ2n) is 21.5. The largest absolute Gasteiger partial charge is 0.481 e. The van der Waals surface area contributed by atoms with Gasteiger partial charge >= 0.3 is 5.97 Å². The molecular weight excluding hydrogens is 1170 g/mol. The van der Waals surface area contributed by atoms with Gasteiger partial charge in [0.05, 0.1) is 106 Å².